The van der Waals surface area contributed by atoms with Gasteiger partial charge in [-0.2, -0.15) is 0 Å². The second kappa shape index (κ2) is 13.2. The Morgan fingerprint density at radius 3 is 1.62 bits per heavy atom. The second-order valence-corrected chi connectivity index (χ2v) is 9.22. The molecule has 2 unspecified atom stereocenters. The van der Waals surface area contributed by atoms with Gasteiger partial charge in [0, 0.05) is 7.11 Å². The summed E-state index contributed by atoms with van der Waals surface area (Å²) in [7, 11) is 7.80. The minimum absolute atomic E-state index is 0.188. The number of methoxy groups -OCH3 is 1. The number of esters is 2. The number of ether oxygens (including phenoxy) is 4. The second-order valence-electron chi connectivity index (χ2n) is 9.22. The van der Waals surface area contributed by atoms with Gasteiger partial charge in [-0.15, -0.1) is 0 Å². The highest BCUT2D eigenvalue weighted by Gasteiger charge is 2.39. The summed E-state index contributed by atoms with van der Waals surface area (Å²) in [6.07, 6.45) is 2.46. The Hall–Kier alpha value is -1.18. The van der Waals surface area contributed by atoms with Crippen molar-refractivity contribution in [2.75, 3.05) is 67.8 Å². The van der Waals surface area contributed by atoms with Crippen molar-refractivity contribution in [3.63, 3.8) is 0 Å². The number of likely N-dealkylation sites (N-methyl/N-ethyl adjacent to an activating group) is 1. The molecule has 0 aromatic heterocycles. The highest BCUT2D eigenvalue weighted by atomic mass is 16.6. The van der Waals surface area contributed by atoms with Crippen LogP contribution in [0.5, 0.6) is 0 Å². The van der Waals surface area contributed by atoms with E-state index in [1.54, 1.807) is 7.11 Å². The summed E-state index contributed by atoms with van der Waals surface area (Å²) < 4.78 is 21.9. The van der Waals surface area contributed by atoms with Crippen LogP contribution in [0.1, 0.15) is 53.4 Å². The summed E-state index contributed by atoms with van der Waals surface area (Å²) in [5.74, 6) is -0.431. The summed E-state index contributed by atoms with van der Waals surface area (Å²) in [6, 6.07) is 0. The first-order valence-corrected chi connectivity index (χ1v) is 10.7. The molecular weight excluding hydrogens is 374 g/mol. The van der Waals surface area contributed by atoms with Gasteiger partial charge in [0.15, 0.2) is 0 Å². The van der Waals surface area contributed by atoms with E-state index in [1.165, 1.54) is 0 Å². The Bertz CT molecular complexity index is 490. The predicted molar refractivity (Wildman–Crippen MR) is 114 cm³/mol. The van der Waals surface area contributed by atoms with Gasteiger partial charge in [-0.3, -0.25) is 9.59 Å². The Morgan fingerprint density at radius 2 is 1.21 bits per heavy atom. The molecule has 7 nitrogen and oxygen atoms in total. The van der Waals surface area contributed by atoms with Crippen LogP contribution in [-0.4, -0.2) is 84.3 Å². The van der Waals surface area contributed by atoms with Crippen LogP contribution in [0, 0.1) is 10.8 Å². The molecule has 0 aliphatic heterocycles. The van der Waals surface area contributed by atoms with Gasteiger partial charge >= 0.3 is 11.9 Å². The number of hydrogen-bond acceptors (Lipinski definition) is 6. The average Bonchev–Trinajstić information content (AvgIpc) is 2.67. The molecule has 0 aromatic rings. The molecule has 0 N–H and O–H groups in total. The molecule has 172 valence electrons. The monoisotopic (exact) mass is 418 g/mol. The van der Waals surface area contributed by atoms with Crippen molar-refractivity contribution in [3.05, 3.63) is 0 Å². The van der Waals surface area contributed by atoms with Crippen LogP contribution in [0.4, 0.5) is 0 Å². The van der Waals surface area contributed by atoms with E-state index in [2.05, 4.69) is 21.1 Å². The molecule has 0 bridgehead atoms. The van der Waals surface area contributed by atoms with Gasteiger partial charge < -0.3 is 23.4 Å². The van der Waals surface area contributed by atoms with Crippen molar-refractivity contribution < 1.29 is 33.0 Å². The number of quaternary nitrogens is 1. The van der Waals surface area contributed by atoms with Gasteiger partial charge in [-0.1, -0.05) is 13.8 Å². The predicted octanol–water partition coefficient (Wildman–Crippen LogP) is 3.05. The lowest BCUT2D eigenvalue weighted by atomic mass is 9.74. The minimum atomic E-state index is -0.633. The van der Waals surface area contributed by atoms with E-state index in [1.807, 2.05) is 27.7 Å². The first-order valence-electron chi connectivity index (χ1n) is 10.7. The van der Waals surface area contributed by atoms with Crippen LogP contribution in [0.3, 0.4) is 0 Å². The topological polar surface area (TPSA) is 71.1 Å². The van der Waals surface area contributed by atoms with Gasteiger partial charge in [0.05, 0.1) is 51.8 Å². The van der Waals surface area contributed by atoms with Gasteiger partial charge in [0.2, 0.25) is 0 Å². The molecule has 0 aromatic carbocycles. The zero-order chi connectivity index (χ0) is 22.6. The van der Waals surface area contributed by atoms with E-state index < -0.39 is 10.8 Å². The van der Waals surface area contributed by atoms with Crippen LogP contribution >= 0.6 is 0 Å². The van der Waals surface area contributed by atoms with Crippen molar-refractivity contribution in [1.82, 2.24) is 0 Å². The highest BCUT2D eigenvalue weighted by Crippen LogP contribution is 2.37. The first kappa shape index (κ1) is 27.8. The normalized spacial score (nSPS) is 16.0. The summed E-state index contributed by atoms with van der Waals surface area (Å²) in [5.41, 5.74) is -1.24. The van der Waals surface area contributed by atoms with Crippen molar-refractivity contribution in [1.29, 1.82) is 0 Å². The molecule has 0 rings (SSSR count). The van der Waals surface area contributed by atoms with Gasteiger partial charge in [0.1, 0.15) is 19.8 Å². The fraction of sp³-hybridized carbons (Fsp3) is 0.909. The van der Waals surface area contributed by atoms with E-state index in [4.69, 9.17) is 18.9 Å². The van der Waals surface area contributed by atoms with Crippen LogP contribution in [0.15, 0.2) is 0 Å². The lowest BCUT2D eigenvalue weighted by Crippen LogP contribution is -2.40. The first-order chi connectivity index (χ1) is 13.4. The molecule has 0 saturated carbocycles. The SMILES string of the molecule is CCC(C)(CCC(C)(CC)C(=O)OCC[N+](C)(C)C)C(=O)OCCOCCOC. The Balaban J connectivity index is 4.65. The Labute approximate surface area is 177 Å². The number of carbonyl (C=O) groups is 2. The van der Waals surface area contributed by atoms with E-state index in [9.17, 15) is 9.59 Å². The largest absolute Gasteiger partial charge is 0.463 e. The Kier molecular flexibility index (Phi) is 12.7. The lowest BCUT2D eigenvalue weighted by molar-refractivity contribution is -0.870. The number of nitrogens with zero attached hydrogens (tertiary/aromatic N) is 1. The van der Waals surface area contributed by atoms with Gasteiger partial charge in [-0.05, 0) is 39.5 Å². The number of rotatable bonds is 16. The molecule has 0 fully saturated rings. The summed E-state index contributed by atoms with van der Waals surface area (Å²) in [6.45, 7) is 10.5. The molecule has 0 amide bonds. The van der Waals surface area contributed by atoms with Gasteiger partial charge in [-0.25, -0.2) is 0 Å². The maximum absolute atomic E-state index is 12.7. The zero-order valence-corrected chi connectivity index (χ0v) is 20.0. The molecule has 0 aliphatic carbocycles. The summed E-state index contributed by atoms with van der Waals surface area (Å²) in [5, 5.41) is 0. The van der Waals surface area contributed by atoms with E-state index in [0.29, 0.717) is 52.1 Å². The quantitative estimate of drug-likeness (QED) is 0.218. The smallest absolute Gasteiger partial charge is 0.311 e. The molecule has 7 heteroatoms. The Morgan fingerprint density at radius 1 is 0.759 bits per heavy atom. The molecule has 2 atom stereocenters. The van der Waals surface area contributed by atoms with Crippen molar-refractivity contribution in [3.8, 4) is 0 Å². The van der Waals surface area contributed by atoms with Crippen molar-refractivity contribution >= 4 is 11.9 Å². The van der Waals surface area contributed by atoms with Crippen LogP contribution in [0.2, 0.25) is 0 Å². The lowest BCUT2D eigenvalue weighted by Gasteiger charge is -2.32. The van der Waals surface area contributed by atoms with E-state index >= 15 is 0 Å². The maximum atomic E-state index is 12.7. The molecule has 0 spiro atoms. The molecule has 0 heterocycles. The van der Waals surface area contributed by atoms with Crippen LogP contribution in [-0.2, 0) is 28.5 Å². The number of hydrogen-bond donors (Lipinski definition) is 0. The van der Waals surface area contributed by atoms with Gasteiger partial charge in [0.25, 0.3) is 0 Å². The van der Waals surface area contributed by atoms with E-state index in [-0.39, 0.29) is 18.5 Å². The fourth-order valence-electron chi connectivity index (χ4n) is 2.60. The average molecular weight is 419 g/mol. The molecule has 29 heavy (non-hydrogen) atoms. The zero-order valence-electron chi connectivity index (χ0n) is 20.0. The third-order valence-electron chi connectivity index (χ3n) is 5.66. The minimum Gasteiger partial charge on any atom is -0.463 e. The number of carbonyl (C=O) groups excluding carboxylic acids is 2. The molecule has 0 radical (unpaired) electrons. The third kappa shape index (κ3) is 11.0. The summed E-state index contributed by atoms with van der Waals surface area (Å²) >= 11 is 0. The molecule has 0 aliphatic rings. The van der Waals surface area contributed by atoms with E-state index in [0.717, 1.165) is 11.0 Å². The highest BCUT2D eigenvalue weighted by molar-refractivity contribution is 5.78. The van der Waals surface area contributed by atoms with Crippen LogP contribution in [0.25, 0.3) is 0 Å². The maximum Gasteiger partial charge on any atom is 0.311 e. The molecular formula is C22H44NO6+. The fourth-order valence-corrected chi connectivity index (χ4v) is 2.60. The standard InChI is InChI=1S/C22H44NO6/c1-9-21(3,19(24)28-14-13-23(5,6)7)11-12-22(4,10-2)20(25)29-18-17-27-16-15-26-8/h9-18H2,1-8H3/q+1. The van der Waals surface area contributed by atoms with Crippen LogP contribution < -0.4 is 0 Å². The van der Waals surface area contributed by atoms with Crippen molar-refractivity contribution in [2.45, 2.75) is 53.4 Å². The summed E-state index contributed by atoms with van der Waals surface area (Å²) in [4.78, 5) is 25.3. The molecule has 0 saturated heterocycles. The van der Waals surface area contributed by atoms with Crippen molar-refractivity contribution in [2.24, 2.45) is 10.8 Å². The third-order valence-corrected chi connectivity index (χ3v) is 5.66.